The molecule has 0 fully saturated rings. The van der Waals surface area contributed by atoms with Crippen LogP contribution < -0.4 is 10.1 Å². The van der Waals surface area contributed by atoms with Crippen molar-refractivity contribution < 1.29 is 13.9 Å². The highest BCUT2D eigenvalue weighted by Crippen LogP contribution is 2.15. The Labute approximate surface area is 109 Å². The molecule has 2 heterocycles. The first-order chi connectivity index (χ1) is 8.70. The minimum Gasteiger partial charge on any atom is -0.481 e. The molecule has 0 spiro atoms. The monoisotopic (exact) mass is 266 g/mol. The second kappa shape index (κ2) is 5.55. The molecule has 0 aliphatic carbocycles. The van der Waals surface area contributed by atoms with Crippen LogP contribution in [0.3, 0.4) is 0 Å². The fourth-order valence-corrected chi connectivity index (χ4v) is 1.59. The van der Waals surface area contributed by atoms with E-state index in [0.29, 0.717) is 12.4 Å². The van der Waals surface area contributed by atoms with E-state index in [4.69, 9.17) is 20.8 Å². The van der Waals surface area contributed by atoms with Gasteiger partial charge in [0.05, 0.1) is 7.11 Å². The molecule has 0 atom stereocenters. The van der Waals surface area contributed by atoms with Crippen molar-refractivity contribution >= 4 is 17.5 Å². The Morgan fingerprint density at radius 2 is 2.33 bits per heavy atom. The summed E-state index contributed by atoms with van der Waals surface area (Å²) < 4.78 is 10.1. The highest BCUT2D eigenvalue weighted by Gasteiger charge is 2.11. The van der Waals surface area contributed by atoms with E-state index in [2.05, 4.69) is 10.3 Å². The summed E-state index contributed by atoms with van der Waals surface area (Å²) in [4.78, 5) is 15.7. The van der Waals surface area contributed by atoms with Crippen molar-refractivity contribution in [2.45, 2.75) is 6.54 Å². The summed E-state index contributed by atoms with van der Waals surface area (Å²) in [5, 5.41) is 2.87. The van der Waals surface area contributed by atoms with Gasteiger partial charge in [0.1, 0.15) is 0 Å². The number of amides is 1. The maximum Gasteiger partial charge on any atom is 0.287 e. The number of carbonyl (C=O) groups is 1. The maximum absolute atomic E-state index is 11.7. The van der Waals surface area contributed by atoms with Crippen molar-refractivity contribution in [1.29, 1.82) is 0 Å². The zero-order valence-electron chi connectivity index (χ0n) is 9.64. The van der Waals surface area contributed by atoms with Crippen molar-refractivity contribution in [3.8, 4) is 5.88 Å². The van der Waals surface area contributed by atoms with Crippen LogP contribution in [0.2, 0.25) is 5.22 Å². The van der Waals surface area contributed by atoms with Gasteiger partial charge in [-0.2, -0.15) is 0 Å². The first-order valence-corrected chi connectivity index (χ1v) is 5.60. The molecule has 18 heavy (non-hydrogen) atoms. The van der Waals surface area contributed by atoms with Crippen LogP contribution in [-0.4, -0.2) is 18.0 Å². The molecule has 2 rings (SSSR count). The van der Waals surface area contributed by atoms with E-state index in [1.54, 1.807) is 12.3 Å². The van der Waals surface area contributed by atoms with Crippen LogP contribution in [0.15, 0.2) is 34.9 Å². The van der Waals surface area contributed by atoms with Gasteiger partial charge in [0.15, 0.2) is 11.0 Å². The Morgan fingerprint density at radius 3 is 3.00 bits per heavy atom. The standard InChI is InChI=1S/C12H11ClN2O3/c1-17-12-8(3-2-6-14-12)7-15-11(16)9-4-5-10(13)18-9/h2-6H,7H2,1H3,(H,15,16). The molecule has 5 nitrogen and oxygen atoms in total. The SMILES string of the molecule is COc1ncccc1CNC(=O)c1ccc(Cl)o1. The van der Waals surface area contributed by atoms with E-state index in [1.165, 1.54) is 19.2 Å². The number of hydrogen-bond acceptors (Lipinski definition) is 4. The Balaban J connectivity index is 2.01. The summed E-state index contributed by atoms with van der Waals surface area (Å²) in [6, 6.07) is 6.62. The molecule has 2 aromatic heterocycles. The number of hydrogen-bond donors (Lipinski definition) is 1. The van der Waals surface area contributed by atoms with Gasteiger partial charge in [-0.1, -0.05) is 6.07 Å². The Kier molecular flexibility index (Phi) is 3.84. The summed E-state index contributed by atoms with van der Waals surface area (Å²) in [5.41, 5.74) is 0.783. The second-order valence-corrected chi connectivity index (χ2v) is 3.83. The van der Waals surface area contributed by atoms with Crippen molar-refractivity contribution in [1.82, 2.24) is 10.3 Å². The molecular formula is C12H11ClN2O3. The van der Waals surface area contributed by atoms with Gasteiger partial charge in [-0.25, -0.2) is 4.98 Å². The van der Waals surface area contributed by atoms with Crippen LogP contribution >= 0.6 is 11.6 Å². The lowest BCUT2D eigenvalue weighted by molar-refractivity contribution is 0.0923. The lowest BCUT2D eigenvalue weighted by atomic mass is 10.2. The molecule has 0 aromatic carbocycles. The van der Waals surface area contributed by atoms with E-state index >= 15 is 0 Å². The lowest BCUT2D eigenvalue weighted by Gasteiger charge is -2.07. The lowest BCUT2D eigenvalue weighted by Crippen LogP contribution is -2.22. The van der Waals surface area contributed by atoms with Crippen LogP contribution in [0.4, 0.5) is 0 Å². The third-order valence-electron chi connectivity index (χ3n) is 2.28. The summed E-state index contributed by atoms with van der Waals surface area (Å²) in [6.07, 6.45) is 1.62. The number of pyridine rings is 1. The molecule has 1 amide bonds. The highest BCUT2D eigenvalue weighted by molar-refractivity contribution is 6.29. The molecule has 6 heteroatoms. The zero-order chi connectivity index (χ0) is 13.0. The summed E-state index contributed by atoms with van der Waals surface area (Å²) in [6.45, 7) is 0.300. The number of nitrogens with one attached hydrogen (secondary N) is 1. The molecule has 1 N–H and O–H groups in total. The Hall–Kier alpha value is -2.01. The Bertz CT molecular complexity index is 554. The van der Waals surface area contributed by atoms with Gasteiger partial charge >= 0.3 is 0 Å². The number of ether oxygens (including phenoxy) is 1. The molecule has 0 aliphatic heterocycles. The fraction of sp³-hybridized carbons (Fsp3) is 0.167. The fourth-order valence-electron chi connectivity index (χ4n) is 1.44. The molecular weight excluding hydrogens is 256 g/mol. The van der Waals surface area contributed by atoms with E-state index in [1.807, 2.05) is 6.07 Å². The number of halogens is 1. The van der Waals surface area contributed by atoms with Crippen molar-refractivity contribution in [2.75, 3.05) is 7.11 Å². The van der Waals surface area contributed by atoms with Crippen LogP contribution in [0.1, 0.15) is 16.1 Å². The number of furan rings is 1. The topological polar surface area (TPSA) is 64.4 Å². The first kappa shape index (κ1) is 12.4. The smallest absolute Gasteiger partial charge is 0.287 e. The van der Waals surface area contributed by atoms with Crippen LogP contribution in [0, 0.1) is 0 Å². The van der Waals surface area contributed by atoms with Gasteiger partial charge in [0.2, 0.25) is 5.88 Å². The normalized spacial score (nSPS) is 10.1. The van der Waals surface area contributed by atoms with Gasteiger partial charge in [-0.05, 0) is 29.8 Å². The van der Waals surface area contributed by atoms with Crippen LogP contribution in [0.5, 0.6) is 5.88 Å². The van der Waals surface area contributed by atoms with E-state index in [0.717, 1.165) is 5.56 Å². The number of carbonyl (C=O) groups excluding carboxylic acids is 1. The third-order valence-corrected chi connectivity index (χ3v) is 2.48. The number of aromatic nitrogens is 1. The summed E-state index contributed by atoms with van der Waals surface area (Å²) in [5.74, 6) is 0.311. The van der Waals surface area contributed by atoms with Gasteiger partial charge < -0.3 is 14.5 Å². The molecule has 0 aliphatic rings. The van der Waals surface area contributed by atoms with E-state index in [-0.39, 0.29) is 16.9 Å². The minimum atomic E-state index is -0.340. The van der Waals surface area contributed by atoms with Gasteiger partial charge in [0, 0.05) is 18.3 Å². The van der Waals surface area contributed by atoms with Gasteiger partial charge in [-0.15, -0.1) is 0 Å². The Morgan fingerprint density at radius 1 is 1.50 bits per heavy atom. The molecule has 2 aromatic rings. The van der Waals surface area contributed by atoms with Crippen molar-refractivity contribution in [2.24, 2.45) is 0 Å². The molecule has 0 bridgehead atoms. The largest absolute Gasteiger partial charge is 0.481 e. The number of rotatable bonds is 4. The summed E-state index contributed by atoms with van der Waals surface area (Å²) >= 11 is 5.59. The molecule has 0 saturated heterocycles. The van der Waals surface area contributed by atoms with Crippen LogP contribution in [-0.2, 0) is 6.54 Å². The number of methoxy groups -OCH3 is 1. The van der Waals surface area contributed by atoms with Crippen molar-refractivity contribution in [3.63, 3.8) is 0 Å². The molecule has 0 unspecified atom stereocenters. The summed E-state index contributed by atoms with van der Waals surface area (Å²) in [7, 11) is 1.53. The van der Waals surface area contributed by atoms with E-state index in [9.17, 15) is 4.79 Å². The quantitative estimate of drug-likeness (QED) is 0.922. The maximum atomic E-state index is 11.7. The molecule has 0 saturated carbocycles. The zero-order valence-corrected chi connectivity index (χ0v) is 10.4. The molecule has 0 radical (unpaired) electrons. The minimum absolute atomic E-state index is 0.169. The van der Waals surface area contributed by atoms with Crippen LogP contribution in [0.25, 0.3) is 0 Å². The molecule has 94 valence electrons. The highest BCUT2D eigenvalue weighted by atomic mass is 35.5. The van der Waals surface area contributed by atoms with Gasteiger partial charge in [0.25, 0.3) is 5.91 Å². The van der Waals surface area contributed by atoms with Crippen molar-refractivity contribution in [3.05, 3.63) is 47.0 Å². The van der Waals surface area contributed by atoms with E-state index < -0.39 is 0 Å². The number of nitrogens with zero attached hydrogens (tertiary/aromatic N) is 1. The predicted octanol–water partition coefficient (Wildman–Crippen LogP) is 2.27. The second-order valence-electron chi connectivity index (χ2n) is 3.46. The van der Waals surface area contributed by atoms with Gasteiger partial charge in [-0.3, -0.25) is 4.79 Å². The predicted molar refractivity (Wildman–Crippen MR) is 65.7 cm³/mol. The average Bonchev–Trinajstić information content (AvgIpc) is 2.83. The first-order valence-electron chi connectivity index (χ1n) is 5.22. The third kappa shape index (κ3) is 2.81. The average molecular weight is 267 g/mol.